The highest BCUT2D eigenvalue weighted by Crippen LogP contribution is 2.34. The van der Waals surface area contributed by atoms with Gasteiger partial charge >= 0.3 is 0 Å². The average molecular weight is 535 g/mol. The highest BCUT2D eigenvalue weighted by atomic mass is 16.2. The molecule has 2 fully saturated rings. The number of rotatable bonds is 8. The Bertz CT molecular complexity index is 1160. The number of amides is 2. The third-order valence-electron chi connectivity index (χ3n) is 8.55. The van der Waals surface area contributed by atoms with E-state index in [9.17, 15) is 9.59 Å². The van der Waals surface area contributed by atoms with Gasteiger partial charge in [0.25, 0.3) is 5.91 Å². The van der Waals surface area contributed by atoms with E-state index in [-0.39, 0.29) is 35.7 Å². The first kappa shape index (κ1) is 29.0. The summed E-state index contributed by atoms with van der Waals surface area (Å²) >= 11 is 0. The van der Waals surface area contributed by atoms with Gasteiger partial charge in [0.1, 0.15) is 0 Å². The van der Waals surface area contributed by atoms with Crippen molar-refractivity contribution in [1.29, 1.82) is 0 Å². The molecule has 0 spiro atoms. The monoisotopic (exact) mass is 534 g/mol. The zero-order valence-electron chi connectivity index (χ0n) is 24.5. The molecule has 1 saturated heterocycles. The van der Waals surface area contributed by atoms with Crippen molar-refractivity contribution in [3.63, 3.8) is 0 Å². The molecule has 2 aromatic rings. The van der Waals surface area contributed by atoms with E-state index in [2.05, 4.69) is 51.5 Å². The second-order valence-corrected chi connectivity index (χ2v) is 12.1. The topological polar surface area (TPSA) is 104 Å². The molecule has 2 heterocycles. The Labute approximate surface area is 233 Å². The molecule has 1 aliphatic heterocycles. The number of benzene rings is 1. The maximum atomic E-state index is 13.6. The number of nitrogens with one attached hydrogen (secondary N) is 2. The van der Waals surface area contributed by atoms with Crippen molar-refractivity contribution in [3.8, 4) is 11.1 Å². The van der Waals surface area contributed by atoms with E-state index in [1.54, 1.807) is 0 Å². The molecule has 1 aromatic carbocycles. The minimum Gasteiger partial charge on any atom is -0.371 e. The summed E-state index contributed by atoms with van der Waals surface area (Å²) in [5.74, 6) is -0.138. The molecule has 3 unspecified atom stereocenters. The van der Waals surface area contributed by atoms with Crippen molar-refractivity contribution in [1.82, 2.24) is 20.5 Å². The fourth-order valence-electron chi connectivity index (χ4n) is 6.15. The van der Waals surface area contributed by atoms with Crippen LogP contribution in [-0.4, -0.2) is 67.5 Å². The van der Waals surface area contributed by atoms with Crippen LogP contribution in [0.25, 0.3) is 11.1 Å². The van der Waals surface area contributed by atoms with Crippen molar-refractivity contribution >= 4 is 17.5 Å². The number of hydrogen-bond acceptors (Lipinski definition) is 6. The highest BCUT2D eigenvalue weighted by molar-refractivity contribution is 5.99. The Hall–Kier alpha value is -2.97. The average Bonchev–Trinajstić information content (AvgIpc) is 2.88. The van der Waals surface area contributed by atoms with Gasteiger partial charge in [-0.05, 0) is 95.3 Å². The quantitative estimate of drug-likeness (QED) is 0.477. The number of aromatic nitrogens is 1. The lowest BCUT2D eigenvalue weighted by molar-refractivity contribution is -0.129. The predicted octanol–water partition coefficient (Wildman–Crippen LogP) is 3.72. The van der Waals surface area contributed by atoms with E-state index in [1.807, 2.05) is 46.3 Å². The zero-order chi connectivity index (χ0) is 28.3. The van der Waals surface area contributed by atoms with Crippen molar-refractivity contribution < 1.29 is 9.59 Å². The fraction of sp³-hybridized carbons (Fsp3) is 0.581. The minimum absolute atomic E-state index is 0.0202. The Balaban J connectivity index is 1.64. The maximum Gasteiger partial charge on any atom is 0.251 e. The molecule has 0 bridgehead atoms. The lowest BCUT2D eigenvalue weighted by Crippen LogP contribution is -2.50. The van der Waals surface area contributed by atoms with Crippen LogP contribution in [-0.2, 0) is 11.3 Å². The highest BCUT2D eigenvalue weighted by Gasteiger charge is 2.32. The van der Waals surface area contributed by atoms with E-state index in [0.29, 0.717) is 18.2 Å². The van der Waals surface area contributed by atoms with Gasteiger partial charge in [-0.15, -0.1) is 0 Å². The molecular weight excluding hydrogens is 488 g/mol. The Kier molecular flexibility index (Phi) is 9.28. The van der Waals surface area contributed by atoms with Crippen LogP contribution >= 0.6 is 0 Å². The summed E-state index contributed by atoms with van der Waals surface area (Å²) in [5.41, 5.74) is 11.7. The lowest BCUT2D eigenvalue weighted by atomic mass is 9.84. The second kappa shape index (κ2) is 12.5. The van der Waals surface area contributed by atoms with Gasteiger partial charge in [0, 0.05) is 61.3 Å². The first-order chi connectivity index (χ1) is 18.5. The fourth-order valence-corrected chi connectivity index (χ4v) is 6.15. The number of carbonyl (C=O) groups excluding carboxylic acids is 2. The summed E-state index contributed by atoms with van der Waals surface area (Å²) in [6, 6.07) is 9.10. The smallest absolute Gasteiger partial charge is 0.251 e. The molecule has 2 amide bonds. The molecule has 1 saturated carbocycles. The number of anilines is 1. The summed E-state index contributed by atoms with van der Waals surface area (Å²) in [6.07, 6.45) is 6.91. The van der Waals surface area contributed by atoms with E-state index >= 15 is 0 Å². The molecule has 212 valence electrons. The van der Waals surface area contributed by atoms with Gasteiger partial charge < -0.3 is 26.2 Å². The van der Waals surface area contributed by atoms with E-state index in [4.69, 9.17) is 5.73 Å². The van der Waals surface area contributed by atoms with Crippen LogP contribution in [0.5, 0.6) is 0 Å². The van der Waals surface area contributed by atoms with Crippen LogP contribution in [0.2, 0.25) is 0 Å². The number of carbonyl (C=O) groups is 2. The molecule has 1 aromatic heterocycles. The predicted molar refractivity (Wildman–Crippen MR) is 158 cm³/mol. The first-order valence-electron chi connectivity index (χ1n) is 14.3. The third kappa shape index (κ3) is 6.97. The summed E-state index contributed by atoms with van der Waals surface area (Å²) in [5, 5.41) is 6.12. The Morgan fingerprint density at radius 3 is 2.44 bits per heavy atom. The Morgan fingerprint density at radius 2 is 1.82 bits per heavy atom. The SMILES string of the molecule is Cc1c(C(=O)NCC2C(=O)NC(C)CC2C)cc(-c2ccc(CN(C)C)nc2)cc1N(C)C1CCC(N)CC1. The van der Waals surface area contributed by atoms with Crippen molar-refractivity contribution in [2.45, 2.75) is 77.5 Å². The van der Waals surface area contributed by atoms with Gasteiger partial charge in [-0.2, -0.15) is 0 Å². The molecule has 4 N–H and O–H groups in total. The number of nitrogens with two attached hydrogens (primary N) is 1. The van der Waals surface area contributed by atoms with Crippen LogP contribution in [0.1, 0.15) is 67.6 Å². The molecule has 8 nitrogen and oxygen atoms in total. The van der Waals surface area contributed by atoms with Gasteiger partial charge in [-0.3, -0.25) is 14.6 Å². The molecule has 0 radical (unpaired) electrons. The van der Waals surface area contributed by atoms with Gasteiger partial charge in [-0.25, -0.2) is 0 Å². The molecule has 3 atom stereocenters. The normalized spacial score (nSPS) is 25.3. The number of pyridine rings is 1. The van der Waals surface area contributed by atoms with Crippen LogP contribution < -0.4 is 21.3 Å². The standard InChI is InChI=1S/C31H46N6O2/c1-19-13-20(2)35-31(39)28(19)17-34-30(38)27-14-23(22-7-10-25(33-16-22)18-36(4)5)15-29(21(27)3)37(6)26-11-8-24(32)9-12-26/h7,10,14-16,19-20,24,26,28H,8-9,11-13,17-18,32H2,1-6H3,(H,34,38)(H,35,39). The van der Waals surface area contributed by atoms with Crippen LogP contribution in [0.4, 0.5) is 5.69 Å². The maximum absolute atomic E-state index is 13.6. The summed E-state index contributed by atoms with van der Waals surface area (Å²) in [7, 11) is 6.18. The van der Waals surface area contributed by atoms with Crippen LogP contribution in [0, 0.1) is 18.8 Å². The van der Waals surface area contributed by atoms with Crippen molar-refractivity contribution in [2.75, 3.05) is 32.6 Å². The minimum atomic E-state index is -0.226. The van der Waals surface area contributed by atoms with Crippen molar-refractivity contribution in [3.05, 3.63) is 47.3 Å². The molecule has 4 rings (SSSR count). The molecular formula is C31H46N6O2. The second-order valence-electron chi connectivity index (χ2n) is 12.1. The first-order valence-corrected chi connectivity index (χ1v) is 14.3. The molecule has 39 heavy (non-hydrogen) atoms. The molecule has 8 heteroatoms. The van der Waals surface area contributed by atoms with E-state index in [0.717, 1.165) is 66.7 Å². The van der Waals surface area contributed by atoms with E-state index in [1.165, 1.54) is 0 Å². The lowest BCUT2D eigenvalue weighted by Gasteiger charge is -2.36. The van der Waals surface area contributed by atoms with E-state index < -0.39 is 0 Å². The van der Waals surface area contributed by atoms with Gasteiger partial charge in [0.2, 0.25) is 5.91 Å². The third-order valence-corrected chi connectivity index (χ3v) is 8.55. The van der Waals surface area contributed by atoms with Crippen molar-refractivity contribution in [2.24, 2.45) is 17.6 Å². The largest absolute Gasteiger partial charge is 0.371 e. The van der Waals surface area contributed by atoms with Crippen LogP contribution in [0.15, 0.2) is 30.5 Å². The molecule has 1 aliphatic carbocycles. The summed E-state index contributed by atoms with van der Waals surface area (Å²) < 4.78 is 0. The van der Waals surface area contributed by atoms with Gasteiger partial charge in [-0.1, -0.05) is 13.0 Å². The summed E-state index contributed by atoms with van der Waals surface area (Å²) in [4.78, 5) is 35.3. The Morgan fingerprint density at radius 1 is 1.10 bits per heavy atom. The van der Waals surface area contributed by atoms with Gasteiger partial charge in [0.15, 0.2) is 0 Å². The van der Waals surface area contributed by atoms with Gasteiger partial charge in [0.05, 0.1) is 11.6 Å². The number of hydrogen-bond donors (Lipinski definition) is 3. The zero-order valence-corrected chi connectivity index (χ0v) is 24.5. The van der Waals surface area contributed by atoms with Crippen LogP contribution in [0.3, 0.4) is 0 Å². The number of nitrogens with zero attached hydrogens (tertiary/aromatic N) is 3. The number of piperidine rings is 1. The summed E-state index contributed by atoms with van der Waals surface area (Å²) in [6.45, 7) is 7.24. The molecule has 2 aliphatic rings.